The van der Waals surface area contributed by atoms with Gasteiger partial charge in [0.1, 0.15) is 0 Å². The van der Waals surface area contributed by atoms with E-state index in [1.807, 2.05) is 0 Å². The molecule has 3 heteroatoms. The number of aliphatic hydroxyl groups is 1. The second kappa shape index (κ2) is 3.96. The lowest BCUT2D eigenvalue weighted by Crippen LogP contribution is -2.51. The third-order valence-electron chi connectivity index (χ3n) is 6.30. The van der Waals surface area contributed by atoms with Gasteiger partial charge in [-0.3, -0.25) is 4.79 Å². The minimum Gasteiger partial charge on any atom is -0.468 e. The number of rotatable bonds is 1. The van der Waals surface area contributed by atoms with E-state index in [1.165, 1.54) is 26.4 Å². The second-order valence-electron chi connectivity index (χ2n) is 6.58. The number of methoxy groups -OCH3 is 1. The van der Waals surface area contributed by atoms with Crippen LogP contribution in [0, 0.1) is 23.2 Å². The molecular weight excluding hydrogens is 228 g/mol. The van der Waals surface area contributed by atoms with Crippen molar-refractivity contribution in [1.29, 1.82) is 0 Å². The highest BCUT2D eigenvalue weighted by molar-refractivity contribution is 5.80. The SMILES string of the molecule is COC(=O)[C@@]12CCC[C@]1(O)[C@@H]1CCCC[C@H]1[C@@H]2C. The molecule has 0 radical (unpaired) electrons. The van der Waals surface area contributed by atoms with Crippen LogP contribution in [-0.4, -0.2) is 23.8 Å². The Balaban J connectivity index is 2.07. The van der Waals surface area contributed by atoms with Crippen molar-refractivity contribution < 1.29 is 14.6 Å². The van der Waals surface area contributed by atoms with Crippen LogP contribution in [0.3, 0.4) is 0 Å². The highest BCUT2D eigenvalue weighted by Crippen LogP contribution is 2.67. The molecule has 3 aliphatic carbocycles. The molecule has 0 unspecified atom stereocenters. The molecule has 0 aromatic heterocycles. The molecule has 3 saturated carbocycles. The van der Waals surface area contributed by atoms with Gasteiger partial charge in [0.05, 0.1) is 18.1 Å². The van der Waals surface area contributed by atoms with Crippen molar-refractivity contribution >= 4 is 5.97 Å². The quantitative estimate of drug-likeness (QED) is 0.729. The Kier molecular flexibility index (Phi) is 2.74. The van der Waals surface area contributed by atoms with Crippen molar-refractivity contribution in [1.82, 2.24) is 0 Å². The molecule has 0 amide bonds. The van der Waals surface area contributed by atoms with E-state index >= 15 is 0 Å². The molecule has 3 nitrogen and oxygen atoms in total. The average Bonchev–Trinajstić information content (AvgIpc) is 2.84. The molecule has 0 spiro atoms. The van der Waals surface area contributed by atoms with Crippen molar-refractivity contribution in [2.75, 3.05) is 7.11 Å². The molecule has 3 aliphatic rings. The molecule has 102 valence electrons. The molecule has 1 N–H and O–H groups in total. The number of carbonyl (C=O) groups is 1. The molecule has 3 fully saturated rings. The van der Waals surface area contributed by atoms with Crippen LogP contribution in [0.2, 0.25) is 0 Å². The van der Waals surface area contributed by atoms with Crippen LogP contribution >= 0.6 is 0 Å². The van der Waals surface area contributed by atoms with Gasteiger partial charge >= 0.3 is 5.97 Å². The fourth-order valence-electron chi connectivity index (χ4n) is 5.58. The smallest absolute Gasteiger partial charge is 0.315 e. The van der Waals surface area contributed by atoms with Gasteiger partial charge in [-0.2, -0.15) is 0 Å². The van der Waals surface area contributed by atoms with Crippen molar-refractivity contribution in [3.8, 4) is 0 Å². The first kappa shape index (κ1) is 12.5. The van der Waals surface area contributed by atoms with Gasteiger partial charge in [-0.05, 0) is 49.9 Å². The molecule has 0 aromatic rings. The molecule has 0 saturated heterocycles. The lowest BCUT2D eigenvalue weighted by Gasteiger charge is -2.39. The van der Waals surface area contributed by atoms with Crippen molar-refractivity contribution in [3.05, 3.63) is 0 Å². The predicted octanol–water partition coefficient (Wildman–Crippen LogP) is 2.52. The van der Waals surface area contributed by atoms with Gasteiger partial charge < -0.3 is 9.84 Å². The monoisotopic (exact) mass is 252 g/mol. The fourth-order valence-corrected chi connectivity index (χ4v) is 5.58. The number of esters is 1. The van der Waals surface area contributed by atoms with Gasteiger partial charge in [0, 0.05) is 0 Å². The van der Waals surface area contributed by atoms with Crippen LogP contribution in [0.1, 0.15) is 51.9 Å². The Morgan fingerprint density at radius 1 is 1.22 bits per heavy atom. The van der Waals surface area contributed by atoms with Crippen molar-refractivity contribution in [3.63, 3.8) is 0 Å². The first-order valence-electron chi connectivity index (χ1n) is 7.39. The van der Waals surface area contributed by atoms with Crippen molar-refractivity contribution in [2.45, 2.75) is 57.5 Å². The zero-order chi connectivity index (χ0) is 13.0. The Morgan fingerprint density at radius 2 is 1.94 bits per heavy atom. The zero-order valence-electron chi connectivity index (χ0n) is 11.4. The standard InChI is InChI=1S/C15H24O3/c1-10-11-6-3-4-7-12(11)15(17)9-5-8-14(10,15)13(16)18-2/h10-12,17H,3-9H2,1-2H3/t10-,11-,12+,14-,15-/m0/s1. The van der Waals surface area contributed by atoms with Gasteiger partial charge in [-0.1, -0.05) is 19.8 Å². The van der Waals surface area contributed by atoms with Gasteiger partial charge in [0.15, 0.2) is 0 Å². The highest BCUT2D eigenvalue weighted by atomic mass is 16.5. The third-order valence-corrected chi connectivity index (χ3v) is 6.30. The molecule has 0 bridgehead atoms. The molecule has 5 atom stereocenters. The van der Waals surface area contributed by atoms with Gasteiger partial charge in [0.2, 0.25) is 0 Å². The maximum Gasteiger partial charge on any atom is 0.315 e. The summed E-state index contributed by atoms with van der Waals surface area (Å²) >= 11 is 0. The molecule has 0 heterocycles. The van der Waals surface area contributed by atoms with Gasteiger partial charge in [-0.15, -0.1) is 0 Å². The van der Waals surface area contributed by atoms with E-state index in [4.69, 9.17) is 4.74 Å². The molecule has 3 rings (SSSR count). The number of hydrogen-bond donors (Lipinski definition) is 1. The first-order valence-corrected chi connectivity index (χ1v) is 7.39. The second-order valence-corrected chi connectivity index (χ2v) is 6.58. The van der Waals surface area contributed by atoms with Gasteiger partial charge in [-0.25, -0.2) is 0 Å². The number of hydrogen-bond acceptors (Lipinski definition) is 3. The minimum absolute atomic E-state index is 0.163. The summed E-state index contributed by atoms with van der Waals surface area (Å²) in [5.74, 6) is 0.943. The normalized spacial score (nSPS) is 50.7. The summed E-state index contributed by atoms with van der Waals surface area (Å²) in [6.07, 6.45) is 7.26. The molecule has 0 aliphatic heterocycles. The maximum absolute atomic E-state index is 12.4. The summed E-state index contributed by atoms with van der Waals surface area (Å²) in [5, 5.41) is 11.2. The summed E-state index contributed by atoms with van der Waals surface area (Å²) in [6, 6.07) is 0. The topological polar surface area (TPSA) is 46.5 Å². The average molecular weight is 252 g/mol. The summed E-state index contributed by atoms with van der Waals surface area (Å²) in [6.45, 7) is 2.17. The van der Waals surface area contributed by atoms with Crippen LogP contribution in [0.25, 0.3) is 0 Å². The van der Waals surface area contributed by atoms with E-state index in [-0.39, 0.29) is 11.9 Å². The minimum atomic E-state index is -0.787. The number of carbonyl (C=O) groups excluding carboxylic acids is 1. The lowest BCUT2D eigenvalue weighted by atomic mass is 9.70. The molecular formula is C15H24O3. The largest absolute Gasteiger partial charge is 0.468 e. The summed E-state index contributed by atoms with van der Waals surface area (Å²) < 4.78 is 5.08. The summed E-state index contributed by atoms with van der Waals surface area (Å²) in [4.78, 5) is 12.4. The number of fused-ring (bicyclic) bond motifs is 3. The van der Waals surface area contributed by atoms with Crippen LogP contribution in [0.4, 0.5) is 0 Å². The van der Waals surface area contributed by atoms with Crippen LogP contribution in [-0.2, 0) is 9.53 Å². The van der Waals surface area contributed by atoms with E-state index in [9.17, 15) is 9.90 Å². The third kappa shape index (κ3) is 1.21. The van der Waals surface area contributed by atoms with E-state index < -0.39 is 11.0 Å². The Morgan fingerprint density at radius 3 is 2.67 bits per heavy atom. The van der Waals surface area contributed by atoms with Gasteiger partial charge in [0.25, 0.3) is 0 Å². The maximum atomic E-state index is 12.4. The Hall–Kier alpha value is -0.570. The number of ether oxygens (including phenoxy) is 1. The lowest BCUT2D eigenvalue weighted by molar-refractivity contribution is -0.171. The van der Waals surface area contributed by atoms with E-state index in [0.29, 0.717) is 11.8 Å². The Labute approximate surface area is 109 Å². The Bertz CT molecular complexity index is 367. The molecule has 0 aromatic carbocycles. The fraction of sp³-hybridized carbons (Fsp3) is 0.933. The zero-order valence-corrected chi connectivity index (χ0v) is 11.4. The van der Waals surface area contributed by atoms with E-state index in [2.05, 4.69) is 6.92 Å². The van der Waals surface area contributed by atoms with Crippen LogP contribution in [0.15, 0.2) is 0 Å². The molecule has 18 heavy (non-hydrogen) atoms. The highest BCUT2D eigenvalue weighted by Gasteiger charge is 2.72. The summed E-state index contributed by atoms with van der Waals surface area (Å²) in [5.41, 5.74) is -1.40. The summed E-state index contributed by atoms with van der Waals surface area (Å²) in [7, 11) is 1.46. The van der Waals surface area contributed by atoms with Crippen LogP contribution < -0.4 is 0 Å². The predicted molar refractivity (Wildman–Crippen MR) is 67.9 cm³/mol. The first-order chi connectivity index (χ1) is 8.58. The van der Waals surface area contributed by atoms with Crippen LogP contribution in [0.5, 0.6) is 0 Å². The van der Waals surface area contributed by atoms with E-state index in [0.717, 1.165) is 25.7 Å². The van der Waals surface area contributed by atoms with E-state index in [1.54, 1.807) is 0 Å². The van der Waals surface area contributed by atoms with Crippen molar-refractivity contribution in [2.24, 2.45) is 23.2 Å².